The fourth-order valence-corrected chi connectivity index (χ4v) is 1.88. The third-order valence-corrected chi connectivity index (χ3v) is 2.85. The molecule has 2 aromatic rings. The second-order valence-electron chi connectivity index (χ2n) is 3.99. The van der Waals surface area contributed by atoms with Gasteiger partial charge in [0.15, 0.2) is 0 Å². The summed E-state index contributed by atoms with van der Waals surface area (Å²) in [6.07, 6.45) is 4.15. The first-order chi connectivity index (χ1) is 9.22. The van der Waals surface area contributed by atoms with E-state index < -0.39 is 0 Å². The molecule has 0 amide bonds. The molecule has 0 bridgehead atoms. The number of rotatable bonds is 6. The average molecular weight is 284 g/mol. The predicted molar refractivity (Wildman–Crippen MR) is 73.5 cm³/mol. The lowest BCUT2D eigenvalue weighted by Gasteiger charge is -2.10. The topological polar surface area (TPSA) is 39.1 Å². The van der Waals surface area contributed by atoms with Crippen LogP contribution in [0.25, 0.3) is 5.69 Å². The van der Waals surface area contributed by atoms with Crippen LogP contribution in [0.1, 0.15) is 6.42 Å². The predicted octanol–water partition coefficient (Wildman–Crippen LogP) is 3.11. The van der Waals surface area contributed by atoms with E-state index in [1.165, 1.54) is 12.1 Å². The standard InChI is InChI=1S/C13H15ClFN3O/c1-19-8-2-5-16-13-17-6-7-18(13)12-9-10(14)3-4-11(12)15/h3-4,6-7,9H,2,5,8H2,1H3,(H,16,17). The van der Waals surface area contributed by atoms with Crippen molar-refractivity contribution >= 4 is 17.5 Å². The monoisotopic (exact) mass is 283 g/mol. The molecular weight excluding hydrogens is 269 g/mol. The summed E-state index contributed by atoms with van der Waals surface area (Å²) in [4.78, 5) is 4.16. The van der Waals surface area contributed by atoms with E-state index in [0.717, 1.165) is 6.42 Å². The molecule has 1 heterocycles. The molecule has 0 atom stereocenters. The van der Waals surface area contributed by atoms with E-state index in [0.29, 0.717) is 29.8 Å². The number of imidazole rings is 1. The van der Waals surface area contributed by atoms with E-state index in [1.807, 2.05) is 0 Å². The summed E-state index contributed by atoms with van der Waals surface area (Å²) in [6.45, 7) is 1.37. The summed E-state index contributed by atoms with van der Waals surface area (Å²) in [7, 11) is 1.66. The van der Waals surface area contributed by atoms with Crippen LogP contribution < -0.4 is 5.32 Å². The number of aromatic nitrogens is 2. The number of methoxy groups -OCH3 is 1. The highest BCUT2D eigenvalue weighted by molar-refractivity contribution is 6.30. The molecule has 102 valence electrons. The molecule has 0 aliphatic carbocycles. The van der Waals surface area contributed by atoms with E-state index in [-0.39, 0.29) is 5.82 Å². The van der Waals surface area contributed by atoms with Crippen LogP contribution in [0.4, 0.5) is 10.3 Å². The van der Waals surface area contributed by atoms with Gasteiger partial charge in [0, 0.05) is 37.7 Å². The fourth-order valence-electron chi connectivity index (χ4n) is 1.72. The highest BCUT2D eigenvalue weighted by atomic mass is 35.5. The summed E-state index contributed by atoms with van der Waals surface area (Å²) in [6, 6.07) is 4.42. The van der Waals surface area contributed by atoms with Crippen molar-refractivity contribution in [3.63, 3.8) is 0 Å². The van der Waals surface area contributed by atoms with Gasteiger partial charge in [-0.3, -0.25) is 4.57 Å². The third-order valence-electron chi connectivity index (χ3n) is 2.62. The summed E-state index contributed by atoms with van der Waals surface area (Å²) >= 11 is 5.89. The Morgan fingerprint density at radius 2 is 2.32 bits per heavy atom. The maximum atomic E-state index is 13.8. The van der Waals surface area contributed by atoms with Crippen LogP contribution in [0.3, 0.4) is 0 Å². The SMILES string of the molecule is COCCCNc1nccn1-c1cc(Cl)ccc1F. The highest BCUT2D eigenvalue weighted by Gasteiger charge is 2.09. The Morgan fingerprint density at radius 3 is 3.11 bits per heavy atom. The van der Waals surface area contributed by atoms with Gasteiger partial charge < -0.3 is 10.1 Å². The Bertz CT molecular complexity index is 544. The zero-order valence-electron chi connectivity index (χ0n) is 10.6. The first kappa shape index (κ1) is 13.8. The van der Waals surface area contributed by atoms with Crippen LogP contribution in [0.15, 0.2) is 30.6 Å². The Labute approximate surface area is 116 Å². The normalized spacial score (nSPS) is 10.7. The van der Waals surface area contributed by atoms with E-state index in [4.69, 9.17) is 16.3 Å². The molecule has 0 spiro atoms. The zero-order valence-corrected chi connectivity index (χ0v) is 11.3. The summed E-state index contributed by atoms with van der Waals surface area (Å²) in [5, 5.41) is 3.62. The van der Waals surface area contributed by atoms with Gasteiger partial charge in [-0.05, 0) is 24.6 Å². The van der Waals surface area contributed by atoms with Crippen molar-refractivity contribution in [2.24, 2.45) is 0 Å². The lowest BCUT2D eigenvalue weighted by atomic mass is 10.3. The average Bonchev–Trinajstić information content (AvgIpc) is 2.86. The third kappa shape index (κ3) is 3.45. The minimum absolute atomic E-state index is 0.345. The largest absolute Gasteiger partial charge is 0.385 e. The molecule has 0 saturated carbocycles. The van der Waals surface area contributed by atoms with Crippen LogP contribution in [-0.4, -0.2) is 29.8 Å². The van der Waals surface area contributed by atoms with Crippen LogP contribution in [0.2, 0.25) is 5.02 Å². The molecule has 0 saturated heterocycles. The van der Waals surface area contributed by atoms with Crippen molar-refractivity contribution in [3.8, 4) is 5.69 Å². The summed E-state index contributed by atoms with van der Waals surface area (Å²) in [5.74, 6) is 0.236. The quantitative estimate of drug-likeness (QED) is 0.828. The molecule has 1 aromatic carbocycles. The maximum absolute atomic E-state index is 13.8. The lowest BCUT2D eigenvalue weighted by molar-refractivity contribution is 0.197. The van der Waals surface area contributed by atoms with E-state index >= 15 is 0 Å². The number of benzene rings is 1. The molecule has 1 N–H and O–H groups in total. The minimum atomic E-state index is -0.345. The number of hydrogen-bond donors (Lipinski definition) is 1. The number of nitrogens with zero attached hydrogens (tertiary/aromatic N) is 2. The Hall–Kier alpha value is -1.59. The van der Waals surface area contributed by atoms with E-state index in [9.17, 15) is 4.39 Å². The Morgan fingerprint density at radius 1 is 1.47 bits per heavy atom. The molecule has 1 aromatic heterocycles. The molecule has 0 unspecified atom stereocenters. The fraction of sp³-hybridized carbons (Fsp3) is 0.308. The van der Waals surface area contributed by atoms with Crippen molar-refractivity contribution in [2.45, 2.75) is 6.42 Å². The smallest absolute Gasteiger partial charge is 0.207 e. The Balaban J connectivity index is 2.16. The van der Waals surface area contributed by atoms with Crippen molar-refractivity contribution in [3.05, 3.63) is 41.4 Å². The Kier molecular flexibility index (Phi) is 4.76. The second kappa shape index (κ2) is 6.54. The number of ether oxygens (including phenoxy) is 1. The van der Waals surface area contributed by atoms with Crippen molar-refractivity contribution in [2.75, 3.05) is 25.6 Å². The van der Waals surface area contributed by atoms with Gasteiger partial charge >= 0.3 is 0 Å². The first-order valence-electron chi connectivity index (χ1n) is 5.94. The molecule has 0 aliphatic rings. The molecule has 0 fully saturated rings. The van der Waals surface area contributed by atoms with Crippen LogP contribution in [0.5, 0.6) is 0 Å². The van der Waals surface area contributed by atoms with Crippen LogP contribution >= 0.6 is 11.6 Å². The molecule has 0 radical (unpaired) electrons. The number of hydrogen-bond acceptors (Lipinski definition) is 3. The van der Waals surface area contributed by atoms with Gasteiger partial charge in [0.25, 0.3) is 0 Å². The van der Waals surface area contributed by atoms with E-state index in [1.54, 1.807) is 30.1 Å². The number of anilines is 1. The van der Waals surface area contributed by atoms with Gasteiger partial charge in [0.05, 0.1) is 5.69 Å². The number of nitrogens with one attached hydrogen (secondary N) is 1. The van der Waals surface area contributed by atoms with Crippen LogP contribution in [-0.2, 0) is 4.74 Å². The van der Waals surface area contributed by atoms with E-state index in [2.05, 4.69) is 10.3 Å². The van der Waals surface area contributed by atoms with Gasteiger partial charge in [-0.15, -0.1) is 0 Å². The summed E-state index contributed by atoms with van der Waals surface area (Å²) < 4.78 is 20.4. The van der Waals surface area contributed by atoms with Gasteiger partial charge in [-0.1, -0.05) is 11.6 Å². The van der Waals surface area contributed by atoms with Gasteiger partial charge in [-0.2, -0.15) is 0 Å². The molecule has 2 rings (SSSR count). The van der Waals surface area contributed by atoms with Gasteiger partial charge in [-0.25, -0.2) is 9.37 Å². The molecule has 19 heavy (non-hydrogen) atoms. The molecule has 4 nitrogen and oxygen atoms in total. The van der Waals surface area contributed by atoms with Gasteiger partial charge in [0.2, 0.25) is 5.95 Å². The lowest BCUT2D eigenvalue weighted by Crippen LogP contribution is -2.10. The highest BCUT2D eigenvalue weighted by Crippen LogP contribution is 2.21. The maximum Gasteiger partial charge on any atom is 0.207 e. The van der Waals surface area contributed by atoms with Crippen molar-refractivity contribution in [1.82, 2.24) is 9.55 Å². The van der Waals surface area contributed by atoms with Crippen molar-refractivity contribution < 1.29 is 9.13 Å². The molecule has 6 heteroatoms. The molecular formula is C13H15ClFN3O. The van der Waals surface area contributed by atoms with Crippen LogP contribution in [0, 0.1) is 5.82 Å². The summed E-state index contributed by atoms with van der Waals surface area (Å²) in [5.41, 5.74) is 0.374. The minimum Gasteiger partial charge on any atom is -0.385 e. The first-order valence-corrected chi connectivity index (χ1v) is 6.31. The second-order valence-corrected chi connectivity index (χ2v) is 4.43. The zero-order chi connectivity index (χ0) is 13.7. The number of halogens is 2. The molecule has 0 aliphatic heterocycles. The van der Waals surface area contributed by atoms with Crippen molar-refractivity contribution in [1.29, 1.82) is 0 Å². The van der Waals surface area contributed by atoms with Gasteiger partial charge in [0.1, 0.15) is 5.82 Å².